The van der Waals surface area contributed by atoms with Crippen LogP contribution in [0.5, 0.6) is 11.5 Å². The van der Waals surface area contributed by atoms with Crippen molar-refractivity contribution in [2.45, 2.75) is 19.8 Å². The predicted octanol–water partition coefficient (Wildman–Crippen LogP) is 4.69. The Morgan fingerprint density at radius 1 is 1.00 bits per heavy atom. The van der Waals surface area contributed by atoms with Crippen molar-refractivity contribution in [3.05, 3.63) is 70.4 Å². The van der Waals surface area contributed by atoms with Crippen molar-refractivity contribution in [2.75, 3.05) is 5.32 Å². The van der Waals surface area contributed by atoms with Gasteiger partial charge in [0.25, 0.3) is 5.89 Å². The number of anilines is 1. The van der Waals surface area contributed by atoms with Crippen LogP contribution < -0.4 is 10.1 Å². The number of ether oxygens (including phenoxy) is 1. The summed E-state index contributed by atoms with van der Waals surface area (Å²) in [7, 11) is 0. The Labute approximate surface area is 170 Å². The van der Waals surface area contributed by atoms with Crippen molar-refractivity contribution in [3.8, 4) is 22.3 Å². The molecule has 1 aliphatic rings. The SMILES string of the molecule is Cc1nc(C)c(-c2nnc(NC(=O)C3c4ccccc4Oc4ccccc43)o2)s1. The van der Waals surface area contributed by atoms with Crippen molar-refractivity contribution in [2.24, 2.45) is 0 Å². The number of hydrogen-bond acceptors (Lipinski definition) is 7. The molecule has 1 amide bonds. The molecule has 1 aliphatic heterocycles. The highest BCUT2D eigenvalue weighted by atomic mass is 32.1. The second-order valence-electron chi connectivity index (χ2n) is 6.66. The molecule has 0 aliphatic carbocycles. The molecular weight excluding hydrogens is 388 g/mol. The number of para-hydroxylation sites is 2. The van der Waals surface area contributed by atoms with E-state index in [4.69, 9.17) is 9.15 Å². The number of nitrogens with zero attached hydrogens (tertiary/aromatic N) is 3. The standard InChI is InChI=1S/C21H16N4O3S/c1-11-18(29-12(2)22-11)20-24-25-21(28-20)23-19(26)17-13-7-3-5-9-15(13)27-16-10-6-4-8-14(16)17/h3-10,17H,1-2H3,(H,23,25,26). The lowest BCUT2D eigenvalue weighted by molar-refractivity contribution is -0.117. The van der Waals surface area contributed by atoms with Gasteiger partial charge in [-0.05, 0) is 26.0 Å². The Kier molecular flexibility index (Phi) is 4.13. The minimum atomic E-state index is -0.543. The Hall–Kier alpha value is -3.52. The maximum absolute atomic E-state index is 13.2. The van der Waals surface area contributed by atoms with Gasteiger partial charge in [-0.2, -0.15) is 0 Å². The summed E-state index contributed by atoms with van der Waals surface area (Å²) in [5, 5.41) is 11.7. The van der Waals surface area contributed by atoms with Crippen LogP contribution >= 0.6 is 11.3 Å². The number of fused-ring (bicyclic) bond motifs is 2. The monoisotopic (exact) mass is 404 g/mol. The van der Waals surface area contributed by atoms with Gasteiger partial charge in [0.05, 0.1) is 16.6 Å². The average Bonchev–Trinajstić information content (AvgIpc) is 3.31. The second-order valence-corrected chi connectivity index (χ2v) is 7.86. The van der Waals surface area contributed by atoms with E-state index in [0.29, 0.717) is 17.4 Å². The Morgan fingerprint density at radius 3 is 2.28 bits per heavy atom. The third-order valence-corrected chi connectivity index (χ3v) is 5.76. The number of nitrogens with one attached hydrogen (secondary N) is 1. The molecule has 3 heterocycles. The van der Waals surface area contributed by atoms with Crippen LogP contribution in [0.15, 0.2) is 52.9 Å². The molecule has 4 aromatic rings. The molecule has 29 heavy (non-hydrogen) atoms. The highest BCUT2D eigenvalue weighted by Gasteiger charge is 2.33. The van der Waals surface area contributed by atoms with Crippen molar-refractivity contribution < 1.29 is 13.9 Å². The number of benzene rings is 2. The van der Waals surface area contributed by atoms with E-state index in [1.54, 1.807) is 0 Å². The fourth-order valence-corrected chi connectivity index (χ4v) is 4.31. The molecule has 0 saturated heterocycles. The van der Waals surface area contributed by atoms with E-state index in [0.717, 1.165) is 26.7 Å². The third-order valence-electron chi connectivity index (χ3n) is 4.70. The van der Waals surface area contributed by atoms with Gasteiger partial charge < -0.3 is 9.15 Å². The van der Waals surface area contributed by atoms with Gasteiger partial charge in [-0.25, -0.2) is 4.98 Å². The quantitative estimate of drug-likeness (QED) is 0.533. The van der Waals surface area contributed by atoms with E-state index >= 15 is 0 Å². The molecule has 7 nitrogen and oxygen atoms in total. The number of amides is 1. The normalized spacial score (nSPS) is 12.8. The van der Waals surface area contributed by atoms with Crippen molar-refractivity contribution in [1.29, 1.82) is 0 Å². The summed E-state index contributed by atoms with van der Waals surface area (Å²) in [6, 6.07) is 15.1. The van der Waals surface area contributed by atoms with Crippen molar-refractivity contribution >= 4 is 23.3 Å². The number of aromatic nitrogens is 3. The van der Waals surface area contributed by atoms with Gasteiger partial charge in [-0.1, -0.05) is 41.5 Å². The summed E-state index contributed by atoms with van der Waals surface area (Å²) >= 11 is 1.47. The van der Waals surface area contributed by atoms with Gasteiger partial charge in [-0.3, -0.25) is 10.1 Å². The minimum Gasteiger partial charge on any atom is -0.457 e. The molecule has 0 bridgehead atoms. The molecule has 0 radical (unpaired) electrons. The first-order valence-electron chi connectivity index (χ1n) is 9.04. The molecule has 5 rings (SSSR count). The van der Waals surface area contributed by atoms with Crippen molar-refractivity contribution in [1.82, 2.24) is 15.2 Å². The van der Waals surface area contributed by atoms with Crippen LogP contribution in [0, 0.1) is 13.8 Å². The van der Waals surface area contributed by atoms with Gasteiger partial charge in [0.1, 0.15) is 16.4 Å². The first-order chi connectivity index (χ1) is 14.1. The summed E-state index contributed by atoms with van der Waals surface area (Å²) in [5.74, 6) is 0.859. The molecule has 0 saturated carbocycles. The fraction of sp³-hybridized carbons (Fsp3) is 0.143. The zero-order valence-electron chi connectivity index (χ0n) is 15.7. The summed E-state index contributed by atoms with van der Waals surface area (Å²) in [4.78, 5) is 18.4. The number of aryl methyl sites for hydroxylation is 2. The third kappa shape index (κ3) is 3.07. The lowest BCUT2D eigenvalue weighted by atomic mass is 9.87. The highest BCUT2D eigenvalue weighted by Crippen LogP contribution is 2.44. The second kappa shape index (κ2) is 6.82. The smallest absolute Gasteiger partial charge is 0.322 e. The zero-order chi connectivity index (χ0) is 20.0. The Bertz CT molecular complexity index is 1180. The van der Waals surface area contributed by atoms with Gasteiger partial charge in [-0.15, -0.1) is 16.4 Å². The maximum Gasteiger partial charge on any atom is 0.322 e. The van der Waals surface area contributed by atoms with E-state index < -0.39 is 5.92 Å². The van der Waals surface area contributed by atoms with Gasteiger partial charge in [0.15, 0.2) is 0 Å². The largest absolute Gasteiger partial charge is 0.457 e. The molecule has 0 fully saturated rings. The Morgan fingerprint density at radius 2 is 1.66 bits per heavy atom. The van der Waals surface area contributed by atoms with Gasteiger partial charge >= 0.3 is 6.01 Å². The lowest BCUT2D eigenvalue weighted by Gasteiger charge is -2.26. The first-order valence-corrected chi connectivity index (χ1v) is 9.86. The van der Waals surface area contributed by atoms with Crippen LogP contribution in [0.4, 0.5) is 6.01 Å². The van der Waals surface area contributed by atoms with Crippen LogP contribution in [0.2, 0.25) is 0 Å². The van der Waals surface area contributed by atoms with Crippen molar-refractivity contribution in [3.63, 3.8) is 0 Å². The number of rotatable bonds is 3. The number of carbonyl (C=O) groups is 1. The molecule has 0 atom stereocenters. The van der Waals surface area contributed by atoms with Gasteiger partial charge in [0, 0.05) is 11.1 Å². The fourth-order valence-electron chi connectivity index (χ4n) is 3.47. The molecule has 2 aromatic heterocycles. The average molecular weight is 404 g/mol. The highest BCUT2D eigenvalue weighted by molar-refractivity contribution is 7.15. The zero-order valence-corrected chi connectivity index (χ0v) is 16.5. The van der Waals surface area contributed by atoms with E-state index in [1.807, 2.05) is 62.4 Å². The minimum absolute atomic E-state index is 0.0527. The van der Waals surface area contributed by atoms with E-state index in [2.05, 4.69) is 20.5 Å². The molecule has 0 unspecified atom stereocenters. The first kappa shape index (κ1) is 17.6. The van der Waals surface area contributed by atoms with Crippen LogP contribution in [-0.4, -0.2) is 21.1 Å². The number of thiazole rings is 1. The molecule has 1 N–H and O–H groups in total. The predicted molar refractivity (Wildman–Crippen MR) is 108 cm³/mol. The molecule has 0 spiro atoms. The number of hydrogen-bond donors (Lipinski definition) is 1. The van der Waals surface area contributed by atoms with E-state index in [-0.39, 0.29) is 11.9 Å². The van der Waals surface area contributed by atoms with Gasteiger partial charge in [0.2, 0.25) is 5.91 Å². The van der Waals surface area contributed by atoms with Crippen LogP contribution in [0.1, 0.15) is 27.7 Å². The maximum atomic E-state index is 13.2. The molecule has 2 aromatic carbocycles. The molecule has 8 heteroatoms. The van der Waals surface area contributed by atoms with Crippen LogP contribution in [0.25, 0.3) is 10.8 Å². The number of carbonyl (C=O) groups excluding carboxylic acids is 1. The topological polar surface area (TPSA) is 90.1 Å². The lowest BCUT2D eigenvalue weighted by Crippen LogP contribution is -2.25. The van der Waals surface area contributed by atoms with Crippen LogP contribution in [0.3, 0.4) is 0 Å². The molecular formula is C21H16N4O3S. The summed E-state index contributed by atoms with van der Waals surface area (Å²) in [5.41, 5.74) is 2.40. The van der Waals surface area contributed by atoms with E-state index in [9.17, 15) is 4.79 Å². The van der Waals surface area contributed by atoms with E-state index in [1.165, 1.54) is 11.3 Å². The molecule has 144 valence electrons. The summed E-state index contributed by atoms with van der Waals surface area (Å²) in [6.45, 7) is 3.80. The summed E-state index contributed by atoms with van der Waals surface area (Å²) in [6.07, 6.45) is 0. The van der Waals surface area contributed by atoms with Crippen LogP contribution in [-0.2, 0) is 4.79 Å². The summed E-state index contributed by atoms with van der Waals surface area (Å²) < 4.78 is 11.6. The Balaban J connectivity index is 1.47.